The van der Waals surface area contributed by atoms with Crippen molar-refractivity contribution in [1.82, 2.24) is 14.7 Å². The Morgan fingerprint density at radius 2 is 2.04 bits per heavy atom. The lowest BCUT2D eigenvalue weighted by atomic mass is 9.98. The van der Waals surface area contributed by atoms with E-state index in [2.05, 4.69) is 14.6 Å². The van der Waals surface area contributed by atoms with Gasteiger partial charge in [-0.3, -0.25) is 4.98 Å². The topological polar surface area (TPSA) is 75.2 Å². The Kier molecular flexibility index (Phi) is 5.11. The Morgan fingerprint density at radius 1 is 1.25 bits per heavy atom. The molecule has 1 aromatic heterocycles. The zero-order valence-electron chi connectivity index (χ0n) is 13.7. The standard InChI is InChI=1S/C17H22N4O2S/c1-24(22,23)19-10-14-6-5-9-21(13-14)17-12-18-11-16(20-17)15-7-3-2-4-8-15/h2-4,7-8,11-12,14,19H,5-6,9-10,13H2,1H3. The number of nitrogens with one attached hydrogen (secondary N) is 1. The first kappa shape index (κ1) is 16.9. The van der Waals surface area contributed by atoms with Gasteiger partial charge in [-0.2, -0.15) is 0 Å². The van der Waals surface area contributed by atoms with Gasteiger partial charge in [0.25, 0.3) is 0 Å². The number of hydrogen-bond acceptors (Lipinski definition) is 5. The van der Waals surface area contributed by atoms with Gasteiger partial charge in [0, 0.05) is 25.2 Å². The quantitative estimate of drug-likeness (QED) is 0.895. The summed E-state index contributed by atoms with van der Waals surface area (Å²) in [5.74, 6) is 1.14. The lowest BCUT2D eigenvalue weighted by Crippen LogP contribution is -2.41. The average Bonchev–Trinajstić information content (AvgIpc) is 2.61. The molecule has 1 aliphatic heterocycles. The molecule has 0 bridgehead atoms. The molecule has 1 unspecified atom stereocenters. The summed E-state index contributed by atoms with van der Waals surface area (Å²) in [6.45, 7) is 2.18. The van der Waals surface area contributed by atoms with E-state index in [9.17, 15) is 8.42 Å². The van der Waals surface area contributed by atoms with Gasteiger partial charge >= 0.3 is 0 Å². The van der Waals surface area contributed by atoms with Gasteiger partial charge in [0.05, 0.1) is 24.3 Å². The van der Waals surface area contributed by atoms with Gasteiger partial charge in [-0.1, -0.05) is 30.3 Å². The molecular formula is C17H22N4O2S. The molecule has 7 heteroatoms. The Morgan fingerprint density at radius 3 is 2.79 bits per heavy atom. The van der Waals surface area contributed by atoms with E-state index in [1.54, 1.807) is 12.4 Å². The van der Waals surface area contributed by atoms with E-state index in [1.807, 2.05) is 30.3 Å². The molecular weight excluding hydrogens is 324 g/mol. The molecule has 0 saturated carbocycles. The summed E-state index contributed by atoms with van der Waals surface area (Å²) in [6.07, 6.45) is 6.78. The van der Waals surface area contributed by atoms with Gasteiger partial charge in [-0.15, -0.1) is 0 Å². The SMILES string of the molecule is CS(=O)(=O)NCC1CCCN(c2cncc(-c3ccccc3)n2)C1. The minimum absolute atomic E-state index is 0.288. The minimum atomic E-state index is -3.14. The maximum atomic E-state index is 11.3. The first-order chi connectivity index (χ1) is 11.5. The molecule has 2 aromatic rings. The fourth-order valence-corrected chi connectivity index (χ4v) is 3.50. The van der Waals surface area contributed by atoms with Gasteiger partial charge in [0.1, 0.15) is 5.82 Å². The van der Waals surface area contributed by atoms with Gasteiger partial charge in [-0.05, 0) is 18.8 Å². The average molecular weight is 346 g/mol. The van der Waals surface area contributed by atoms with Crippen LogP contribution in [0.5, 0.6) is 0 Å². The molecule has 24 heavy (non-hydrogen) atoms. The summed E-state index contributed by atoms with van der Waals surface area (Å²) in [5.41, 5.74) is 1.89. The highest BCUT2D eigenvalue weighted by Crippen LogP contribution is 2.23. The van der Waals surface area contributed by atoms with Crippen LogP contribution in [0.4, 0.5) is 5.82 Å². The van der Waals surface area contributed by atoms with E-state index < -0.39 is 10.0 Å². The first-order valence-corrected chi connectivity index (χ1v) is 9.97. The monoisotopic (exact) mass is 346 g/mol. The summed E-state index contributed by atoms with van der Waals surface area (Å²) in [5, 5.41) is 0. The number of anilines is 1. The van der Waals surface area contributed by atoms with Crippen LogP contribution in [0.1, 0.15) is 12.8 Å². The molecule has 128 valence electrons. The van der Waals surface area contributed by atoms with Crippen LogP contribution < -0.4 is 9.62 Å². The molecule has 2 heterocycles. The van der Waals surface area contributed by atoms with Crippen molar-refractivity contribution in [2.24, 2.45) is 5.92 Å². The van der Waals surface area contributed by atoms with Gasteiger partial charge in [-0.25, -0.2) is 18.1 Å². The van der Waals surface area contributed by atoms with E-state index in [1.165, 1.54) is 6.26 Å². The van der Waals surface area contributed by atoms with E-state index in [0.717, 1.165) is 43.0 Å². The number of nitrogens with zero attached hydrogens (tertiary/aromatic N) is 3. The molecule has 0 aliphatic carbocycles. The number of sulfonamides is 1. The van der Waals surface area contributed by atoms with Gasteiger partial charge in [0.2, 0.25) is 10.0 Å². The number of hydrogen-bond donors (Lipinski definition) is 1. The highest BCUT2D eigenvalue weighted by molar-refractivity contribution is 7.88. The van der Waals surface area contributed by atoms with Crippen molar-refractivity contribution in [2.75, 3.05) is 30.8 Å². The lowest BCUT2D eigenvalue weighted by molar-refractivity contribution is 0.409. The number of aromatic nitrogens is 2. The Labute approximate surface area is 143 Å². The molecule has 0 amide bonds. The Balaban J connectivity index is 1.72. The summed E-state index contributed by atoms with van der Waals surface area (Å²) in [6, 6.07) is 9.98. The van der Waals surface area contributed by atoms with Crippen LogP contribution in [-0.2, 0) is 10.0 Å². The Bertz CT molecular complexity index is 780. The number of rotatable bonds is 5. The van der Waals surface area contributed by atoms with E-state index in [-0.39, 0.29) is 5.92 Å². The summed E-state index contributed by atoms with van der Waals surface area (Å²) >= 11 is 0. The fraction of sp³-hybridized carbons (Fsp3) is 0.412. The van der Waals surface area contributed by atoms with Crippen molar-refractivity contribution in [1.29, 1.82) is 0 Å². The second kappa shape index (κ2) is 7.27. The second-order valence-corrected chi connectivity index (χ2v) is 8.04. The van der Waals surface area contributed by atoms with E-state index >= 15 is 0 Å². The zero-order valence-corrected chi connectivity index (χ0v) is 14.5. The molecule has 1 saturated heterocycles. The molecule has 3 rings (SSSR count). The first-order valence-electron chi connectivity index (χ1n) is 8.08. The smallest absolute Gasteiger partial charge is 0.208 e. The molecule has 0 spiro atoms. The second-order valence-electron chi connectivity index (χ2n) is 6.20. The largest absolute Gasteiger partial charge is 0.355 e. The molecule has 1 N–H and O–H groups in total. The van der Waals surface area contributed by atoms with Crippen molar-refractivity contribution in [3.63, 3.8) is 0 Å². The minimum Gasteiger partial charge on any atom is -0.355 e. The molecule has 1 atom stereocenters. The Hall–Kier alpha value is -1.99. The zero-order chi connectivity index (χ0) is 17.0. The van der Waals surface area contributed by atoms with Crippen LogP contribution in [0, 0.1) is 5.92 Å². The van der Waals surface area contributed by atoms with Crippen LogP contribution >= 0.6 is 0 Å². The van der Waals surface area contributed by atoms with Crippen molar-refractivity contribution in [3.8, 4) is 11.3 Å². The molecule has 1 aliphatic rings. The highest BCUT2D eigenvalue weighted by atomic mass is 32.2. The van der Waals surface area contributed by atoms with Gasteiger partial charge < -0.3 is 4.90 Å². The molecule has 6 nitrogen and oxygen atoms in total. The predicted octanol–water partition coefficient (Wildman–Crippen LogP) is 1.91. The van der Waals surface area contributed by atoms with Gasteiger partial charge in [0.15, 0.2) is 0 Å². The molecule has 0 radical (unpaired) electrons. The number of piperidine rings is 1. The molecule has 1 aromatic carbocycles. The normalized spacial score (nSPS) is 18.5. The van der Waals surface area contributed by atoms with Crippen LogP contribution in [-0.4, -0.2) is 44.3 Å². The van der Waals surface area contributed by atoms with E-state index in [0.29, 0.717) is 6.54 Å². The van der Waals surface area contributed by atoms with Crippen LogP contribution in [0.2, 0.25) is 0 Å². The summed E-state index contributed by atoms with van der Waals surface area (Å²) in [4.78, 5) is 11.3. The number of benzene rings is 1. The summed E-state index contributed by atoms with van der Waals surface area (Å²) < 4.78 is 25.2. The van der Waals surface area contributed by atoms with Crippen LogP contribution in [0.15, 0.2) is 42.7 Å². The third-order valence-corrected chi connectivity index (χ3v) is 4.86. The highest BCUT2D eigenvalue weighted by Gasteiger charge is 2.22. The fourth-order valence-electron chi connectivity index (χ4n) is 2.97. The lowest BCUT2D eigenvalue weighted by Gasteiger charge is -2.33. The molecule has 1 fully saturated rings. The third kappa shape index (κ3) is 4.52. The van der Waals surface area contributed by atoms with Crippen LogP contribution in [0.25, 0.3) is 11.3 Å². The van der Waals surface area contributed by atoms with Crippen molar-refractivity contribution in [2.45, 2.75) is 12.8 Å². The summed E-state index contributed by atoms with van der Waals surface area (Å²) in [7, 11) is -3.14. The van der Waals surface area contributed by atoms with E-state index in [4.69, 9.17) is 4.98 Å². The maximum absolute atomic E-state index is 11.3. The maximum Gasteiger partial charge on any atom is 0.208 e. The van der Waals surface area contributed by atoms with Crippen molar-refractivity contribution in [3.05, 3.63) is 42.7 Å². The van der Waals surface area contributed by atoms with Crippen molar-refractivity contribution < 1.29 is 8.42 Å². The third-order valence-electron chi connectivity index (χ3n) is 4.17. The van der Waals surface area contributed by atoms with Crippen molar-refractivity contribution >= 4 is 15.8 Å². The predicted molar refractivity (Wildman–Crippen MR) is 95.3 cm³/mol. The van der Waals surface area contributed by atoms with Crippen LogP contribution in [0.3, 0.4) is 0 Å².